The van der Waals surface area contributed by atoms with E-state index >= 15 is 0 Å². The molecule has 0 fully saturated rings. The Bertz CT molecular complexity index is 890. The summed E-state index contributed by atoms with van der Waals surface area (Å²) in [5.41, 5.74) is 6.36. The maximum Gasteiger partial charge on any atom is 0.157 e. The van der Waals surface area contributed by atoms with Gasteiger partial charge in [-0.15, -0.1) is 0 Å². The summed E-state index contributed by atoms with van der Waals surface area (Å²) < 4.78 is 2.16. The van der Waals surface area contributed by atoms with Crippen molar-refractivity contribution in [1.82, 2.24) is 14.4 Å². The molecule has 2 aromatic carbocycles. The van der Waals surface area contributed by atoms with Crippen molar-refractivity contribution in [2.45, 2.75) is 6.92 Å². The van der Waals surface area contributed by atoms with Crippen LogP contribution in [-0.4, -0.2) is 14.4 Å². The maximum absolute atomic E-state index is 4.59. The van der Waals surface area contributed by atoms with Crippen LogP contribution in [0.5, 0.6) is 0 Å². The van der Waals surface area contributed by atoms with E-state index in [1.54, 1.807) is 0 Å². The summed E-state index contributed by atoms with van der Waals surface area (Å²) in [6.07, 6.45) is 1.84. The van der Waals surface area contributed by atoms with Crippen LogP contribution in [0.25, 0.3) is 27.7 Å². The second kappa shape index (κ2) is 3.29. The molecule has 0 aliphatic rings. The topological polar surface area (TPSA) is 30.2 Å². The molecule has 0 aliphatic heterocycles. The van der Waals surface area contributed by atoms with E-state index in [9.17, 15) is 0 Å². The van der Waals surface area contributed by atoms with Crippen molar-refractivity contribution in [3.63, 3.8) is 0 Å². The monoisotopic (exact) mass is 233 g/mol. The van der Waals surface area contributed by atoms with Crippen LogP contribution in [0.1, 0.15) is 5.56 Å². The van der Waals surface area contributed by atoms with E-state index in [1.807, 2.05) is 24.4 Å². The number of para-hydroxylation sites is 2. The molecule has 0 bridgehead atoms. The number of fused-ring (bicyclic) bond motifs is 5. The summed E-state index contributed by atoms with van der Waals surface area (Å²) in [7, 11) is 0. The molecule has 0 unspecified atom stereocenters. The molecule has 0 spiro atoms. The number of benzene rings is 2. The van der Waals surface area contributed by atoms with Crippen LogP contribution in [0.3, 0.4) is 0 Å². The molecule has 2 heterocycles. The Hall–Kier alpha value is -2.42. The third kappa shape index (κ3) is 1.19. The highest BCUT2D eigenvalue weighted by Gasteiger charge is 2.07. The van der Waals surface area contributed by atoms with Crippen LogP contribution in [-0.2, 0) is 0 Å². The molecule has 4 aromatic rings. The first-order valence-corrected chi connectivity index (χ1v) is 5.95. The molecular formula is C15H11N3. The summed E-state index contributed by atoms with van der Waals surface area (Å²) in [5.74, 6) is 0. The van der Waals surface area contributed by atoms with E-state index < -0.39 is 0 Å². The zero-order valence-corrected chi connectivity index (χ0v) is 9.96. The lowest BCUT2D eigenvalue weighted by atomic mass is 10.2. The SMILES string of the molecule is Cc1ccc2c(c1)ncc1nc3ccccc3n12. The molecule has 86 valence electrons. The molecule has 4 rings (SSSR count). The van der Waals surface area contributed by atoms with Gasteiger partial charge in [-0.05, 0) is 36.8 Å². The summed E-state index contributed by atoms with van der Waals surface area (Å²) in [6.45, 7) is 2.08. The first-order chi connectivity index (χ1) is 8.83. The van der Waals surface area contributed by atoms with Gasteiger partial charge in [0.2, 0.25) is 0 Å². The first kappa shape index (κ1) is 9.59. The fraction of sp³-hybridized carbons (Fsp3) is 0.0667. The van der Waals surface area contributed by atoms with Crippen molar-refractivity contribution in [2.24, 2.45) is 0 Å². The van der Waals surface area contributed by atoms with E-state index in [1.165, 1.54) is 5.56 Å². The van der Waals surface area contributed by atoms with Crippen LogP contribution in [0.4, 0.5) is 0 Å². The van der Waals surface area contributed by atoms with Gasteiger partial charge in [-0.2, -0.15) is 0 Å². The van der Waals surface area contributed by atoms with Crippen molar-refractivity contribution in [2.75, 3.05) is 0 Å². The summed E-state index contributed by atoms with van der Waals surface area (Å²) >= 11 is 0. The fourth-order valence-electron chi connectivity index (χ4n) is 2.44. The molecule has 0 atom stereocenters. The molecule has 0 saturated heterocycles. The zero-order valence-electron chi connectivity index (χ0n) is 9.96. The molecule has 2 aromatic heterocycles. The molecule has 0 amide bonds. The Labute approximate surface area is 104 Å². The van der Waals surface area contributed by atoms with Gasteiger partial charge in [0, 0.05) is 0 Å². The van der Waals surface area contributed by atoms with Gasteiger partial charge in [-0.1, -0.05) is 18.2 Å². The molecular weight excluding hydrogens is 222 g/mol. The molecule has 3 heteroatoms. The maximum atomic E-state index is 4.59. The lowest BCUT2D eigenvalue weighted by Crippen LogP contribution is -1.91. The number of hydrogen-bond acceptors (Lipinski definition) is 2. The highest BCUT2D eigenvalue weighted by molar-refractivity contribution is 5.88. The lowest BCUT2D eigenvalue weighted by Gasteiger charge is -2.03. The Kier molecular flexibility index (Phi) is 1.75. The molecule has 0 saturated carbocycles. The average Bonchev–Trinajstić information content (AvgIpc) is 2.77. The predicted octanol–water partition coefficient (Wildman–Crippen LogP) is 3.34. The van der Waals surface area contributed by atoms with Crippen LogP contribution in [0.15, 0.2) is 48.7 Å². The number of aromatic nitrogens is 3. The van der Waals surface area contributed by atoms with Crippen molar-refractivity contribution in [3.05, 3.63) is 54.2 Å². The highest BCUT2D eigenvalue weighted by Crippen LogP contribution is 2.21. The number of imidazole rings is 1. The summed E-state index contributed by atoms with van der Waals surface area (Å²) in [4.78, 5) is 9.07. The van der Waals surface area contributed by atoms with E-state index in [-0.39, 0.29) is 0 Å². The second-order valence-electron chi connectivity index (χ2n) is 4.54. The van der Waals surface area contributed by atoms with Crippen molar-refractivity contribution < 1.29 is 0 Å². The minimum absolute atomic E-state index is 0.896. The highest BCUT2D eigenvalue weighted by atomic mass is 15.0. The van der Waals surface area contributed by atoms with E-state index in [2.05, 4.69) is 45.6 Å². The van der Waals surface area contributed by atoms with Gasteiger partial charge in [0.25, 0.3) is 0 Å². The lowest BCUT2D eigenvalue weighted by molar-refractivity contribution is 1.23. The standard InChI is InChI=1S/C15H11N3/c1-10-6-7-14-12(8-10)16-9-15-17-11-4-2-3-5-13(11)18(14)15/h2-9H,1H3. The minimum atomic E-state index is 0.896. The van der Waals surface area contributed by atoms with E-state index in [4.69, 9.17) is 0 Å². The van der Waals surface area contributed by atoms with Crippen molar-refractivity contribution in [1.29, 1.82) is 0 Å². The molecule has 18 heavy (non-hydrogen) atoms. The van der Waals surface area contributed by atoms with Gasteiger partial charge < -0.3 is 0 Å². The zero-order chi connectivity index (χ0) is 12.1. The third-order valence-electron chi connectivity index (χ3n) is 3.28. The molecule has 0 radical (unpaired) electrons. The number of rotatable bonds is 0. The van der Waals surface area contributed by atoms with Crippen molar-refractivity contribution >= 4 is 27.7 Å². The average molecular weight is 233 g/mol. The fourth-order valence-corrected chi connectivity index (χ4v) is 2.44. The molecule has 0 aliphatic carbocycles. The van der Waals surface area contributed by atoms with Crippen LogP contribution >= 0.6 is 0 Å². The quantitative estimate of drug-likeness (QED) is 0.466. The van der Waals surface area contributed by atoms with Gasteiger partial charge in [-0.25, -0.2) is 4.98 Å². The Morgan fingerprint density at radius 1 is 0.944 bits per heavy atom. The Balaban J connectivity index is 2.32. The van der Waals surface area contributed by atoms with Crippen LogP contribution in [0, 0.1) is 6.92 Å². The smallest absolute Gasteiger partial charge is 0.157 e. The van der Waals surface area contributed by atoms with E-state index in [0.717, 1.165) is 27.7 Å². The minimum Gasteiger partial charge on any atom is -0.289 e. The van der Waals surface area contributed by atoms with Crippen molar-refractivity contribution in [3.8, 4) is 0 Å². The Morgan fingerprint density at radius 3 is 2.72 bits per heavy atom. The van der Waals surface area contributed by atoms with Crippen LogP contribution in [0.2, 0.25) is 0 Å². The normalized spacial score (nSPS) is 11.6. The van der Waals surface area contributed by atoms with Gasteiger partial charge in [0.15, 0.2) is 5.65 Å². The summed E-state index contributed by atoms with van der Waals surface area (Å²) in [6, 6.07) is 14.5. The van der Waals surface area contributed by atoms with Crippen LogP contribution < -0.4 is 0 Å². The van der Waals surface area contributed by atoms with Gasteiger partial charge >= 0.3 is 0 Å². The largest absolute Gasteiger partial charge is 0.289 e. The molecule has 3 nitrogen and oxygen atoms in total. The second-order valence-corrected chi connectivity index (χ2v) is 4.54. The van der Waals surface area contributed by atoms with E-state index in [0.29, 0.717) is 0 Å². The number of hydrogen-bond donors (Lipinski definition) is 0. The first-order valence-electron chi connectivity index (χ1n) is 5.95. The third-order valence-corrected chi connectivity index (χ3v) is 3.28. The van der Waals surface area contributed by atoms with Gasteiger partial charge in [0.05, 0.1) is 28.3 Å². The predicted molar refractivity (Wildman–Crippen MR) is 72.7 cm³/mol. The number of nitrogens with zero attached hydrogens (tertiary/aromatic N) is 3. The number of aryl methyl sites for hydroxylation is 1. The van der Waals surface area contributed by atoms with Gasteiger partial charge in [0.1, 0.15) is 0 Å². The molecule has 0 N–H and O–H groups in total. The van der Waals surface area contributed by atoms with Gasteiger partial charge in [-0.3, -0.25) is 9.38 Å². The summed E-state index contributed by atoms with van der Waals surface area (Å²) in [5, 5.41) is 0. The Morgan fingerprint density at radius 2 is 1.78 bits per heavy atom.